The molecule has 2 aromatic carbocycles. The van der Waals surface area contributed by atoms with Crippen molar-refractivity contribution in [3.05, 3.63) is 59.4 Å². The van der Waals surface area contributed by atoms with Crippen molar-refractivity contribution in [3.8, 4) is 0 Å². The highest BCUT2D eigenvalue weighted by Gasteiger charge is 2.14. The minimum atomic E-state index is -1.01. The van der Waals surface area contributed by atoms with Gasteiger partial charge in [0.25, 0.3) is 0 Å². The van der Waals surface area contributed by atoms with Gasteiger partial charge >= 0.3 is 0 Å². The first kappa shape index (κ1) is 17.1. The summed E-state index contributed by atoms with van der Waals surface area (Å²) in [6.07, 6.45) is 0. The Morgan fingerprint density at radius 3 is 2.35 bits per heavy atom. The molecule has 0 spiro atoms. The molecule has 0 unspecified atom stereocenters. The molecule has 0 radical (unpaired) electrons. The van der Waals surface area contributed by atoms with Gasteiger partial charge in [-0.2, -0.15) is 0 Å². The molecule has 120 valence electrons. The summed E-state index contributed by atoms with van der Waals surface area (Å²) in [5, 5.41) is 2.41. The van der Waals surface area contributed by atoms with Gasteiger partial charge in [0.15, 0.2) is 17.4 Å². The minimum Gasteiger partial charge on any atom is -0.326 e. The van der Waals surface area contributed by atoms with E-state index in [1.54, 1.807) is 0 Å². The van der Waals surface area contributed by atoms with Crippen LogP contribution in [0.4, 0.5) is 18.9 Å². The highest BCUT2D eigenvalue weighted by Crippen LogP contribution is 2.23. The maximum Gasteiger partial charge on any atom is 0.221 e. The molecule has 0 fully saturated rings. The second kappa shape index (κ2) is 7.32. The van der Waals surface area contributed by atoms with E-state index in [1.807, 2.05) is 0 Å². The first-order chi connectivity index (χ1) is 10.9. The van der Waals surface area contributed by atoms with Gasteiger partial charge in [-0.05, 0) is 36.4 Å². The Morgan fingerprint density at radius 2 is 1.74 bits per heavy atom. The number of hydrogen-bond donors (Lipinski definition) is 1. The van der Waals surface area contributed by atoms with Gasteiger partial charge in [0, 0.05) is 17.5 Å². The van der Waals surface area contributed by atoms with Crippen LogP contribution in [0.15, 0.2) is 41.3 Å². The molecule has 1 amide bonds. The van der Waals surface area contributed by atoms with Gasteiger partial charge in [-0.25, -0.2) is 13.2 Å². The van der Waals surface area contributed by atoms with Crippen LogP contribution in [0.1, 0.15) is 17.3 Å². The third-order valence-corrected chi connectivity index (χ3v) is 3.84. The summed E-state index contributed by atoms with van der Waals surface area (Å²) in [5.74, 6) is -3.70. The topological polar surface area (TPSA) is 46.2 Å². The van der Waals surface area contributed by atoms with Crippen LogP contribution in [0.5, 0.6) is 0 Å². The number of nitrogens with one attached hydrogen (secondary N) is 1. The Balaban J connectivity index is 2.05. The van der Waals surface area contributed by atoms with Crippen molar-refractivity contribution in [1.82, 2.24) is 0 Å². The van der Waals surface area contributed by atoms with Crippen LogP contribution < -0.4 is 5.32 Å². The number of anilines is 1. The van der Waals surface area contributed by atoms with Crippen LogP contribution in [-0.2, 0) is 4.79 Å². The Kier molecular flexibility index (Phi) is 5.44. The molecule has 0 saturated carbocycles. The fraction of sp³-hybridized carbons (Fsp3) is 0.125. The molecule has 23 heavy (non-hydrogen) atoms. The second-order valence-corrected chi connectivity index (χ2v) is 5.71. The zero-order chi connectivity index (χ0) is 17.0. The van der Waals surface area contributed by atoms with E-state index < -0.39 is 23.2 Å². The first-order valence-corrected chi connectivity index (χ1v) is 7.53. The molecular formula is C16H12F3NO2S. The SMILES string of the molecule is CC(=O)Nc1ccc(C(=O)CSc2ccc(F)c(F)c2)c(F)c1. The zero-order valence-electron chi connectivity index (χ0n) is 12.0. The summed E-state index contributed by atoms with van der Waals surface area (Å²) in [6.45, 7) is 1.29. The van der Waals surface area contributed by atoms with E-state index >= 15 is 0 Å². The van der Waals surface area contributed by atoms with Crippen molar-refractivity contribution in [2.45, 2.75) is 11.8 Å². The Labute approximate surface area is 134 Å². The van der Waals surface area contributed by atoms with Gasteiger partial charge in [-0.1, -0.05) is 0 Å². The molecule has 0 heterocycles. The fourth-order valence-electron chi connectivity index (χ4n) is 1.82. The van der Waals surface area contributed by atoms with Gasteiger partial charge in [-0.3, -0.25) is 9.59 Å². The molecular weight excluding hydrogens is 327 g/mol. The van der Waals surface area contributed by atoms with Gasteiger partial charge in [-0.15, -0.1) is 11.8 Å². The molecule has 0 aliphatic carbocycles. The van der Waals surface area contributed by atoms with Crippen molar-refractivity contribution >= 4 is 29.1 Å². The molecule has 0 aliphatic heterocycles. The van der Waals surface area contributed by atoms with E-state index in [0.717, 1.165) is 30.0 Å². The lowest BCUT2D eigenvalue weighted by Gasteiger charge is -2.06. The lowest BCUT2D eigenvalue weighted by atomic mass is 10.1. The summed E-state index contributed by atoms with van der Waals surface area (Å²) in [6, 6.07) is 7.02. The van der Waals surface area contributed by atoms with Gasteiger partial charge in [0.1, 0.15) is 5.82 Å². The van der Waals surface area contributed by atoms with Crippen molar-refractivity contribution in [1.29, 1.82) is 0 Å². The molecule has 3 nitrogen and oxygen atoms in total. The molecule has 0 aliphatic rings. The molecule has 2 aromatic rings. The third kappa shape index (κ3) is 4.59. The van der Waals surface area contributed by atoms with E-state index in [0.29, 0.717) is 4.90 Å². The van der Waals surface area contributed by atoms with Crippen LogP contribution in [0.2, 0.25) is 0 Å². The number of ketones is 1. The molecule has 0 atom stereocenters. The van der Waals surface area contributed by atoms with Crippen LogP contribution in [0, 0.1) is 17.5 Å². The first-order valence-electron chi connectivity index (χ1n) is 6.55. The third-order valence-electron chi connectivity index (χ3n) is 2.85. The maximum absolute atomic E-state index is 13.9. The van der Waals surface area contributed by atoms with E-state index in [9.17, 15) is 22.8 Å². The number of carbonyl (C=O) groups excluding carboxylic acids is 2. The van der Waals surface area contributed by atoms with Crippen molar-refractivity contribution in [2.75, 3.05) is 11.1 Å². The van der Waals surface area contributed by atoms with Crippen LogP contribution in [-0.4, -0.2) is 17.4 Å². The standard InChI is InChI=1S/C16H12F3NO2S/c1-9(21)20-10-2-4-12(14(18)6-10)16(22)8-23-11-3-5-13(17)15(19)7-11/h2-7H,8H2,1H3,(H,20,21). The zero-order valence-corrected chi connectivity index (χ0v) is 12.8. The van der Waals surface area contributed by atoms with Crippen molar-refractivity contribution in [2.24, 2.45) is 0 Å². The van der Waals surface area contributed by atoms with E-state index in [4.69, 9.17) is 0 Å². The van der Waals surface area contributed by atoms with Crippen LogP contribution >= 0.6 is 11.8 Å². The molecule has 2 rings (SSSR count). The number of amides is 1. The normalized spacial score (nSPS) is 10.4. The van der Waals surface area contributed by atoms with E-state index in [-0.39, 0.29) is 22.9 Å². The lowest BCUT2D eigenvalue weighted by molar-refractivity contribution is -0.114. The predicted octanol–water partition coefficient (Wildman–Crippen LogP) is 4.04. The quantitative estimate of drug-likeness (QED) is 0.661. The Bertz CT molecular complexity index is 765. The molecule has 0 aromatic heterocycles. The minimum absolute atomic E-state index is 0.124. The Morgan fingerprint density at radius 1 is 1.00 bits per heavy atom. The highest BCUT2D eigenvalue weighted by molar-refractivity contribution is 8.00. The summed E-state index contributed by atoms with van der Waals surface area (Å²) in [7, 11) is 0. The average Bonchev–Trinajstić information content (AvgIpc) is 2.47. The van der Waals surface area contributed by atoms with Crippen molar-refractivity contribution < 1.29 is 22.8 Å². The maximum atomic E-state index is 13.9. The Hall–Kier alpha value is -2.28. The molecule has 7 heteroatoms. The summed E-state index contributed by atoms with van der Waals surface area (Å²) >= 11 is 0.977. The number of rotatable bonds is 5. The molecule has 0 saturated heterocycles. The van der Waals surface area contributed by atoms with Crippen LogP contribution in [0.25, 0.3) is 0 Å². The molecule has 0 bridgehead atoms. The monoisotopic (exact) mass is 339 g/mol. The summed E-state index contributed by atoms with van der Waals surface area (Å²) in [5.41, 5.74) is 0.119. The number of carbonyl (C=O) groups is 2. The number of benzene rings is 2. The van der Waals surface area contributed by atoms with Gasteiger partial charge in [0.2, 0.25) is 5.91 Å². The van der Waals surface area contributed by atoms with Crippen molar-refractivity contribution in [3.63, 3.8) is 0 Å². The van der Waals surface area contributed by atoms with E-state index in [1.165, 1.54) is 25.1 Å². The largest absolute Gasteiger partial charge is 0.326 e. The lowest BCUT2D eigenvalue weighted by Crippen LogP contribution is -2.09. The smallest absolute Gasteiger partial charge is 0.221 e. The van der Waals surface area contributed by atoms with Gasteiger partial charge in [0.05, 0.1) is 11.3 Å². The van der Waals surface area contributed by atoms with Crippen LogP contribution in [0.3, 0.4) is 0 Å². The number of hydrogen-bond acceptors (Lipinski definition) is 3. The number of halogens is 3. The fourth-order valence-corrected chi connectivity index (χ4v) is 2.62. The molecule has 1 N–H and O–H groups in total. The van der Waals surface area contributed by atoms with E-state index in [2.05, 4.69) is 5.32 Å². The average molecular weight is 339 g/mol. The second-order valence-electron chi connectivity index (χ2n) is 4.66. The summed E-state index contributed by atoms with van der Waals surface area (Å²) < 4.78 is 39.8. The highest BCUT2D eigenvalue weighted by atomic mass is 32.2. The number of thioether (sulfide) groups is 1. The van der Waals surface area contributed by atoms with Gasteiger partial charge < -0.3 is 5.32 Å². The summed E-state index contributed by atoms with van der Waals surface area (Å²) in [4.78, 5) is 23.3. The predicted molar refractivity (Wildman–Crippen MR) is 82.1 cm³/mol. The number of Topliss-reactive ketones (excluding diaryl/α,β-unsaturated/α-hetero) is 1.